The molecule has 1 aromatic heterocycles. The van der Waals surface area contributed by atoms with Gasteiger partial charge in [0.2, 0.25) is 5.95 Å². The van der Waals surface area contributed by atoms with Crippen LogP contribution < -0.4 is 10.2 Å². The molecule has 0 saturated carbocycles. The predicted molar refractivity (Wildman–Crippen MR) is 101 cm³/mol. The van der Waals surface area contributed by atoms with Gasteiger partial charge in [-0.05, 0) is 36.6 Å². The van der Waals surface area contributed by atoms with Crippen LogP contribution in [0.15, 0.2) is 48.7 Å². The van der Waals surface area contributed by atoms with E-state index in [1.807, 2.05) is 18.2 Å². The molecule has 1 N–H and O–H groups in total. The van der Waals surface area contributed by atoms with Gasteiger partial charge >= 0.3 is 0 Å². The highest BCUT2D eigenvalue weighted by atomic mass is 35.5. The Morgan fingerprint density at radius 1 is 1.04 bits per heavy atom. The quantitative estimate of drug-likeness (QED) is 0.701. The van der Waals surface area contributed by atoms with E-state index < -0.39 is 0 Å². The second-order valence-corrected chi connectivity index (χ2v) is 6.53. The summed E-state index contributed by atoms with van der Waals surface area (Å²) in [5.74, 6) is 1.13. The molecule has 0 bridgehead atoms. The van der Waals surface area contributed by atoms with Gasteiger partial charge in [-0.1, -0.05) is 47.5 Å². The Hall–Kier alpha value is -2.37. The minimum absolute atomic E-state index is 0.379. The van der Waals surface area contributed by atoms with E-state index in [2.05, 4.69) is 43.6 Å². The number of benzene rings is 2. The third kappa shape index (κ3) is 3.25. The molecule has 0 radical (unpaired) electrons. The summed E-state index contributed by atoms with van der Waals surface area (Å²) in [5, 5.41) is 12.1. The van der Waals surface area contributed by atoms with E-state index in [4.69, 9.17) is 23.2 Å². The lowest BCUT2D eigenvalue weighted by Gasteiger charge is -2.30. The largest absolute Gasteiger partial charge is 0.325 e. The number of aromatic nitrogens is 3. The second kappa shape index (κ2) is 6.86. The number of hydrogen-bond acceptors (Lipinski definition) is 5. The Kier molecular flexibility index (Phi) is 4.42. The Balaban J connectivity index is 1.66. The molecule has 2 aromatic carbocycles. The van der Waals surface area contributed by atoms with Gasteiger partial charge in [-0.15, -0.1) is 5.10 Å². The summed E-state index contributed by atoms with van der Waals surface area (Å²) in [6, 6.07) is 13.7. The van der Waals surface area contributed by atoms with Crippen molar-refractivity contribution in [3.63, 3.8) is 0 Å². The van der Waals surface area contributed by atoms with Gasteiger partial charge in [-0.2, -0.15) is 10.1 Å². The zero-order valence-corrected chi connectivity index (χ0v) is 14.8. The Labute approximate surface area is 155 Å². The average Bonchev–Trinajstić information content (AvgIpc) is 2.65. The SMILES string of the molecule is Clc1cccc(Nc2nncc(N3CCCc4ccccc43)n2)c1Cl. The van der Waals surface area contributed by atoms with E-state index in [0.29, 0.717) is 21.7 Å². The van der Waals surface area contributed by atoms with Crippen molar-refractivity contribution in [3.8, 4) is 0 Å². The summed E-state index contributed by atoms with van der Waals surface area (Å²) in [5.41, 5.74) is 3.13. The molecule has 0 amide bonds. The lowest BCUT2D eigenvalue weighted by molar-refractivity contribution is 0.754. The molecule has 1 aliphatic heterocycles. The summed E-state index contributed by atoms with van der Waals surface area (Å²) in [6.45, 7) is 0.896. The smallest absolute Gasteiger partial charge is 0.249 e. The maximum absolute atomic E-state index is 6.22. The number of nitrogens with zero attached hydrogens (tertiary/aromatic N) is 4. The van der Waals surface area contributed by atoms with E-state index in [-0.39, 0.29) is 0 Å². The van der Waals surface area contributed by atoms with Gasteiger partial charge in [0, 0.05) is 12.2 Å². The number of aryl methyl sites for hydroxylation is 1. The van der Waals surface area contributed by atoms with Crippen LogP contribution in [0.4, 0.5) is 23.1 Å². The van der Waals surface area contributed by atoms with Gasteiger partial charge < -0.3 is 10.2 Å². The van der Waals surface area contributed by atoms with E-state index in [0.717, 1.165) is 25.2 Å². The van der Waals surface area contributed by atoms with Gasteiger partial charge in [-0.25, -0.2) is 0 Å². The van der Waals surface area contributed by atoms with Crippen LogP contribution in [-0.2, 0) is 6.42 Å². The fraction of sp³-hybridized carbons (Fsp3) is 0.167. The van der Waals surface area contributed by atoms with Crippen molar-refractivity contribution in [2.75, 3.05) is 16.8 Å². The number of nitrogens with one attached hydrogen (secondary N) is 1. The number of anilines is 4. The maximum Gasteiger partial charge on any atom is 0.249 e. The molecule has 126 valence electrons. The second-order valence-electron chi connectivity index (χ2n) is 5.75. The number of halogens is 2. The van der Waals surface area contributed by atoms with Crippen molar-refractivity contribution < 1.29 is 0 Å². The Morgan fingerprint density at radius 3 is 2.84 bits per heavy atom. The molecule has 1 aliphatic rings. The number of hydrogen-bond donors (Lipinski definition) is 1. The van der Waals surface area contributed by atoms with Crippen molar-refractivity contribution in [1.82, 2.24) is 15.2 Å². The Bertz CT molecular complexity index is 915. The number of rotatable bonds is 3. The average molecular weight is 372 g/mol. The van der Waals surface area contributed by atoms with E-state index >= 15 is 0 Å². The van der Waals surface area contributed by atoms with Crippen LogP contribution in [-0.4, -0.2) is 21.7 Å². The summed E-state index contributed by atoms with van der Waals surface area (Å²) in [6.07, 6.45) is 3.82. The summed E-state index contributed by atoms with van der Waals surface area (Å²) >= 11 is 12.3. The lowest BCUT2D eigenvalue weighted by Crippen LogP contribution is -2.25. The zero-order valence-electron chi connectivity index (χ0n) is 13.3. The van der Waals surface area contributed by atoms with Crippen molar-refractivity contribution in [2.45, 2.75) is 12.8 Å². The minimum atomic E-state index is 0.379. The van der Waals surface area contributed by atoms with E-state index in [9.17, 15) is 0 Å². The van der Waals surface area contributed by atoms with Gasteiger partial charge in [0.25, 0.3) is 0 Å². The summed E-state index contributed by atoms with van der Waals surface area (Å²) in [4.78, 5) is 6.77. The molecule has 2 heterocycles. The van der Waals surface area contributed by atoms with Crippen molar-refractivity contribution >= 4 is 46.3 Å². The summed E-state index contributed by atoms with van der Waals surface area (Å²) < 4.78 is 0. The molecule has 7 heteroatoms. The van der Waals surface area contributed by atoms with Crippen LogP contribution in [0, 0.1) is 0 Å². The molecule has 3 aromatic rings. The zero-order chi connectivity index (χ0) is 17.2. The van der Waals surface area contributed by atoms with Crippen LogP contribution in [0.1, 0.15) is 12.0 Å². The third-order valence-corrected chi connectivity index (χ3v) is 4.95. The first-order chi connectivity index (χ1) is 12.2. The Morgan fingerprint density at radius 2 is 1.92 bits per heavy atom. The molecule has 0 spiro atoms. The number of fused-ring (bicyclic) bond motifs is 1. The molecule has 0 unspecified atom stereocenters. The fourth-order valence-corrected chi connectivity index (χ4v) is 3.32. The standard InChI is InChI=1S/C18H15Cl2N5/c19-13-7-3-8-14(17(13)20)22-18-23-16(11-21-24-18)25-10-4-6-12-5-1-2-9-15(12)25/h1-3,5,7-9,11H,4,6,10H2,(H,22,23,24). The van der Waals surface area contributed by atoms with Crippen LogP contribution in [0.5, 0.6) is 0 Å². The molecule has 0 atom stereocenters. The first-order valence-electron chi connectivity index (χ1n) is 7.98. The monoisotopic (exact) mass is 371 g/mol. The van der Waals surface area contributed by atoms with Gasteiger partial charge in [0.15, 0.2) is 5.82 Å². The van der Waals surface area contributed by atoms with Crippen LogP contribution in [0.25, 0.3) is 0 Å². The van der Waals surface area contributed by atoms with Crippen LogP contribution >= 0.6 is 23.2 Å². The van der Waals surface area contributed by atoms with E-state index in [1.54, 1.807) is 12.3 Å². The first kappa shape index (κ1) is 16.1. The predicted octanol–water partition coefficient (Wildman–Crippen LogP) is 5.01. The summed E-state index contributed by atoms with van der Waals surface area (Å²) in [7, 11) is 0. The van der Waals surface area contributed by atoms with Gasteiger partial charge in [0.05, 0.1) is 21.9 Å². The van der Waals surface area contributed by atoms with Gasteiger partial charge in [-0.3, -0.25) is 0 Å². The normalized spacial score (nSPS) is 13.4. The molecule has 4 rings (SSSR count). The molecule has 25 heavy (non-hydrogen) atoms. The van der Waals surface area contributed by atoms with Crippen molar-refractivity contribution in [1.29, 1.82) is 0 Å². The minimum Gasteiger partial charge on any atom is -0.325 e. The highest BCUT2D eigenvalue weighted by Crippen LogP contribution is 2.33. The fourth-order valence-electron chi connectivity index (χ4n) is 2.97. The molecular formula is C18H15Cl2N5. The number of para-hydroxylation sites is 1. The van der Waals surface area contributed by atoms with Crippen molar-refractivity contribution in [2.24, 2.45) is 0 Å². The van der Waals surface area contributed by atoms with Gasteiger partial charge in [0.1, 0.15) is 0 Å². The highest BCUT2D eigenvalue weighted by molar-refractivity contribution is 6.43. The lowest BCUT2D eigenvalue weighted by atomic mass is 10.0. The molecule has 0 saturated heterocycles. The first-order valence-corrected chi connectivity index (χ1v) is 8.74. The highest BCUT2D eigenvalue weighted by Gasteiger charge is 2.19. The third-order valence-electron chi connectivity index (χ3n) is 4.13. The molecule has 5 nitrogen and oxygen atoms in total. The maximum atomic E-state index is 6.22. The van der Waals surface area contributed by atoms with E-state index in [1.165, 1.54) is 11.3 Å². The molecule has 0 fully saturated rings. The van der Waals surface area contributed by atoms with Crippen LogP contribution in [0.3, 0.4) is 0 Å². The van der Waals surface area contributed by atoms with Crippen molar-refractivity contribution in [3.05, 3.63) is 64.3 Å². The molecule has 0 aliphatic carbocycles. The molecular weight excluding hydrogens is 357 g/mol. The topological polar surface area (TPSA) is 53.9 Å². The van der Waals surface area contributed by atoms with Crippen LogP contribution in [0.2, 0.25) is 10.0 Å².